The lowest BCUT2D eigenvalue weighted by atomic mass is 9.79. The van der Waals surface area contributed by atoms with Crippen LogP contribution in [0.25, 0.3) is 0 Å². The molecule has 3 saturated heterocycles. The molecule has 3 aliphatic rings. The number of aliphatic hydroxyl groups is 1. The van der Waals surface area contributed by atoms with Gasteiger partial charge in [0.25, 0.3) is 0 Å². The molecule has 2 atom stereocenters. The van der Waals surface area contributed by atoms with Gasteiger partial charge in [-0.05, 0) is 55.2 Å². The largest absolute Gasteiger partial charge is 0.374 e. The van der Waals surface area contributed by atoms with E-state index in [0.29, 0.717) is 35.9 Å². The number of amides is 1. The molecule has 2 unspecified atom stereocenters. The highest BCUT2D eigenvalue weighted by Gasteiger charge is 2.36. The van der Waals surface area contributed by atoms with Crippen molar-refractivity contribution >= 4 is 11.6 Å². The van der Waals surface area contributed by atoms with Crippen LogP contribution in [-0.4, -0.2) is 48.4 Å². The highest BCUT2D eigenvalue weighted by Crippen LogP contribution is 2.36. The molecule has 142 valence electrons. The normalized spacial score (nSPS) is 28.7. The second kappa shape index (κ2) is 7.13. The number of carbonyl (C=O) groups excluding carboxylic acids is 1. The monoisotopic (exact) mass is 362 g/mol. The highest BCUT2D eigenvalue weighted by molar-refractivity contribution is 5.84. The third-order valence-corrected chi connectivity index (χ3v) is 6.22. The van der Waals surface area contributed by atoms with Crippen LogP contribution in [0.4, 0.5) is 10.1 Å². The molecule has 0 aliphatic carbocycles. The summed E-state index contributed by atoms with van der Waals surface area (Å²) in [5.41, 5.74) is 1.31. The van der Waals surface area contributed by atoms with Crippen molar-refractivity contribution < 1.29 is 14.3 Å². The van der Waals surface area contributed by atoms with Crippen molar-refractivity contribution in [1.29, 1.82) is 0 Å². The summed E-state index contributed by atoms with van der Waals surface area (Å²) in [6, 6.07) is 5.12. The van der Waals surface area contributed by atoms with E-state index < -0.39 is 6.23 Å². The lowest BCUT2D eigenvalue weighted by Gasteiger charge is -2.47. The average molecular weight is 362 g/mol. The summed E-state index contributed by atoms with van der Waals surface area (Å²) in [4.78, 5) is 14.1. The molecule has 26 heavy (non-hydrogen) atoms. The summed E-state index contributed by atoms with van der Waals surface area (Å²) in [7, 11) is 0. The number of nitrogens with one attached hydrogen (secondary N) is 1. The highest BCUT2D eigenvalue weighted by atomic mass is 19.1. The van der Waals surface area contributed by atoms with Gasteiger partial charge in [0.2, 0.25) is 5.91 Å². The van der Waals surface area contributed by atoms with Crippen molar-refractivity contribution in [3.63, 3.8) is 0 Å². The Hall–Kier alpha value is -1.70. The lowest BCUT2D eigenvalue weighted by Crippen LogP contribution is -2.53. The summed E-state index contributed by atoms with van der Waals surface area (Å²) in [5.74, 6) is 6.24. The predicted molar refractivity (Wildman–Crippen MR) is 96.7 cm³/mol. The van der Waals surface area contributed by atoms with E-state index in [9.17, 15) is 14.3 Å². The molecule has 3 fully saturated rings. The van der Waals surface area contributed by atoms with Crippen LogP contribution < -0.4 is 16.1 Å². The molecular weight excluding hydrogens is 335 g/mol. The van der Waals surface area contributed by atoms with Gasteiger partial charge in [-0.15, -0.1) is 0 Å². The van der Waals surface area contributed by atoms with Crippen LogP contribution in [0.3, 0.4) is 0 Å². The molecule has 0 spiro atoms. The second-order valence-electron chi connectivity index (χ2n) is 7.90. The van der Waals surface area contributed by atoms with E-state index in [0.717, 1.165) is 39.0 Å². The molecule has 4 rings (SSSR count). The first-order chi connectivity index (χ1) is 12.5. The number of piperidine rings is 2. The van der Waals surface area contributed by atoms with Crippen LogP contribution in [0.15, 0.2) is 18.2 Å². The zero-order valence-electron chi connectivity index (χ0n) is 14.9. The topological polar surface area (TPSA) is 81.8 Å². The minimum atomic E-state index is -0.785. The fourth-order valence-corrected chi connectivity index (χ4v) is 4.51. The van der Waals surface area contributed by atoms with Crippen molar-refractivity contribution in [1.82, 2.24) is 10.3 Å². The molecule has 0 saturated carbocycles. The van der Waals surface area contributed by atoms with Gasteiger partial charge in [-0.25, -0.2) is 9.40 Å². The van der Waals surface area contributed by atoms with Gasteiger partial charge in [-0.3, -0.25) is 10.6 Å². The molecule has 1 amide bonds. The number of hydrogen-bond donors (Lipinski definition) is 3. The van der Waals surface area contributed by atoms with E-state index in [2.05, 4.69) is 10.2 Å². The van der Waals surface area contributed by atoms with Crippen LogP contribution >= 0.6 is 0 Å². The van der Waals surface area contributed by atoms with Crippen molar-refractivity contribution in [2.24, 2.45) is 17.7 Å². The van der Waals surface area contributed by atoms with Gasteiger partial charge in [0.15, 0.2) is 0 Å². The Balaban J connectivity index is 1.38. The SMILES string of the molecule is NN1CCC(C2CN(c3ccc(C4CCC(O)NC4=O)cc3F)C2)CC1. The average Bonchev–Trinajstić information content (AvgIpc) is 2.56. The van der Waals surface area contributed by atoms with Gasteiger partial charge in [0, 0.05) is 26.2 Å². The van der Waals surface area contributed by atoms with Crippen molar-refractivity contribution in [3.05, 3.63) is 29.6 Å². The Morgan fingerprint density at radius 2 is 1.85 bits per heavy atom. The molecule has 0 radical (unpaired) electrons. The molecule has 7 heteroatoms. The molecule has 6 nitrogen and oxygen atoms in total. The maximum atomic E-state index is 14.7. The first-order valence-corrected chi connectivity index (χ1v) is 9.53. The smallest absolute Gasteiger partial charge is 0.229 e. The molecule has 3 heterocycles. The number of anilines is 1. The van der Waals surface area contributed by atoms with Crippen LogP contribution in [0, 0.1) is 17.7 Å². The molecule has 4 N–H and O–H groups in total. The summed E-state index contributed by atoms with van der Waals surface area (Å²) in [6.45, 7) is 3.67. The summed E-state index contributed by atoms with van der Waals surface area (Å²) < 4.78 is 14.7. The van der Waals surface area contributed by atoms with E-state index in [-0.39, 0.29) is 17.6 Å². The van der Waals surface area contributed by atoms with E-state index in [1.807, 2.05) is 11.1 Å². The molecule has 0 bridgehead atoms. The summed E-state index contributed by atoms with van der Waals surface area (Å²) in [6.07, 6.45) is 2.50. The van der Waals surface area contributed by atoms with Gasteiger partial charge >= 0.3 is 0 Å². The van der Waals surface area contributed by atoms with E-state index in [1.165, 1.54) is 6.07 Å². The van der Waals surface area contributed by atoms with E-state index >= 15 is 0 Å². The molecule has 3 aliphatic heterocycles. The Labute approximate surface area is 153 Å². The van der Waals surface area contributed by atoms with Crippen molar-refractivity contribution in [2.75, 3.05) is 31.1 Å². The van der Waals surface area contributed by atoms with Gasteiger partial charge in [0.1, 0.15) is 12.0 Å². The minimum absolute atomic E-state index is 0.230. The number of nitrogens with zero attached hydrogens (tertiary/aromatic N) is 2. The minimum Gasteiger partial charge on any atom is -0.374 e. The fourth-order valence-electron chi connectivity index (χ4n) is 4.51. The summed E-state index contributed by atoms with van der Waals surface area (Å²) >= 11 is 0. The molecule has 0 aromatic heterocycles. The van der Waals surface area contributed by atoms with Gasteiger partial charge in [-0.1, -0.05) is 6.07 Å². The third kappa shape index (κ3) is 3.43. The third-order valence-electron chi connectivity index (χ3n) is 6.22. The Morgan fingerprint density at radius 1 is 1.12 bits per heavy atom. The molecule has 1 aromatic rings. The number of aliphatic hydroxyl groups excluding tert-OH is 1. The first kappa shape index (κ1) is 17.7. The standard InChI is InChI=1S/C19H27FN4O2/c20-16-9-13(15-2-4-18(25)22-19(15)26)1-3-17(16)23-10-14(11-23)12-5-7-24(21)8-6-12/h1,3,9,12,14-15,18,25H,2,4-8,10-11,21H2,(H,22,26). The van der Waals surface area contributed by atoms with Crippen LogP contribution in [0.2, 0.25) is 0 Å². The van der Waals surface area contributed by atoms with E-state index in [4.69, 9.17) is 5.84 Å². The fraction of sp³-hybridized carbons (Fsp3) is 0.632. The second-order valence-corrected chi connectivity index (χ2v) is 7.90. The van der Waals surface area contributed by atoms with Crippen molar-refractivity contribution in [3.8, 4) is 0 Å². The Kier molecular flexibility index (Phi) is 4.86. The van der Waals surface area contributed by atoms with Crippen LogP contribution in [0.1, 0.15) is 37.2 Å². The number of hydrogen-bond acceptors (Lipinski definition) is 5. The maximum Gasteiger partial charge on any atom is 0.229 e. The number of benzene rings is 1. The quantitative estimate of drug-likeness (QED) is 0.703. The number of rotatable bonds is 3. The van der Waals surface area contributed by atoms with E-state index in [1.54, 1.807) is 6.07 Å². The van der Waals surface area contributed by atoms with Crippen LogP contribution in [-0.2, 0) is 4.79 Å². The van der Waals surface area contributed by atoms with Crippen molar-refractivity contribution in [2.45, 2.75) is 37.8 Å². The molecule has 1 aromatic carbocycles. The number of carbonyl (C=O) groups is 1. The predicted octanol–water partition coefficient (Wildman–Crippen LogP) is 1.16. The van der Waals surface area contributed by atoms with Gasteiger partial charge in [-0.2, -0.15) is 0 Å². The number of hydrazine groups is 1. The zero-order chi connectivity index (χ0) is 18.3. The molecular formula is C19H27FN4O2. The van der Waals surface area contributed by atoms with Gasteiger partial charge in [0.05, 0.1) is 11.6 Å². The Morgan fingerprint density at radius 3 is 2.50 bits per heavy atom. The summed E-state index contributed by atoms with van der Waals surface area (Å²) in [5, 5.41) is 13.9. The maximum absolute atomic E-state index is 14.7. The lowest BCUT2D eigenvalue weighted by molar-refractivity contribution is -0.128. The first-order valence-electron chi connectivity index (χ1n) is 9.53. The number of nitrogens with two attached hydrogens (primary N) is 1. The zero-order valence-corrected chi connectivity index (χ0v) is 14.9. The number of halogens is 1. The van der Waals surface area contributed by atoms with Crippen LogP contribution in [0.5, 0.6) is 0 Å². The Bertz CT molecular complexity index is 672. The van der Waals surface area contributed by atoms with Gasteiger partial charge < -0.3 is 15.3 Å².